The predicted molar refractivity (Wildman–Crippen MR) is 134 cm³/mol. The van der Waals surface area contributed by atoms with Crippen LogP contribution in [0.5, 0.6) is 17.2 Å². The Morgan fingerprint density at radius 3 is 2.71 bits per heavy atom. The molecule has 0 atom stereocenters. The van der Waals surface area contributed by atoms with Crippen LogP contribution in [0.15, 0.2) is 30.5 Å². The van der Waals surface area contributed by atoms with Crippen LogP contribution in [0.25, 0.3) is 10.2 Å². The molecule has 2 aromatic heterocycles. The van der Waals surface area contributed by atoms with Crippen LogP contribution in [0.3, 0.4) is 0 Å². The zero-order chi connectivity index (χ0) is 24.8. The number of nitrogens with zero attached hydrogens (tertiary/aromatic N) is 3. The number of morpholine rings is 1. The predicted octanol–water partition coefficient (Wildman–Crippen LogP) is 3.36. The number of pyridine rings is 1. The maximum Gasteiger partial charge on any atom is 0.269 e. The standard InChI is InChI=1S/C24H30N4O6S/c1-24(2,34-17-7-5-6-16(14-17)33-13-12-30-3)22(29)27-23-26-19-18(31-4)15-25-21(20(19)35-23)28-8-10-32-11-9-28/h5-7,14-15H,8-13H2,1-4H3,(H,26,27,29). The second kappa shape index (κ2) is 11.1. The van der Waals surface area contributed by atoms with Gasteiger partial charge in [0.15, 0.2) is 16.5 Å². The van der Waals surface area contributed by atoms with Crippen LogP contribution in [-0.2, 0) is 14.3 Å². The minimum atomic E-state index is -1.17. The summed E-state index contributed by atoms with van der Waals surface area (Å²) in [5.74, 6) is 2.18. The van der Waals surface area contributed by atoms with E-state index in [1.165, 1.54) is 11.3 Å². The van der Waals surface area contributed by atoms with Gasteiger partial charge in [0.1, 0.15) is 34.1 Å². The Balaban J connectivity index is 1.51. The van der Waals surface area contributed by atoms with Gasteiger partial charge in [0.05, 0.1) is 33.1 Å². The van der Waals surface area contributed by atoms with Crippen molar-refractivity contribution in [2.75, 3.05) is 64.0 Å². The zero-order valence-corrected chi connectivity index (χ0v) is 21.1. The Morgan fingerprint density at radius 2 is 1.97 bits per heavy atom. The van der Waals surface area contributed by atoms with Crippen molar-refractivity contribution in [1.29, 1.82) is 0 Å². The number of aromatic nitrogens is 2. The molecule has 0 saturated carbocycles. The van der Waals surface area contributed by atoms with Crippen LogP contribution in [0.4, 0.5) is 10.9 Å². The molecule has 1 aliphatic heterocycles. The number of thiazole rings is 1. The molecule has 4 rings (SSSR count). The van der Waals surface area contributed by atoms with Gasteiger partial charge in [0, 0.05) is 26.3 Å². The monoisotopic (exact) mass is 502 g/mol. The van der Waals surface area contributed by atoms with Crippen molar-refractivity contribution in [3.63, 3.8) is 0 Å². The third-order valence-electron chi connectivity index (χ3n) is 5.40. The summed E-state index contributed by atoms with van der Waals surface area (Å²) in [6.45, 7) is 7.07. The first-order valence-electron chi connectivity index (χ1n) is 11.3. The highest BCUT2D eigenvalue weighted by molar-refractivity contribution is 7.23. The van der Waals surface area contributed by atoms with Crippen molar-refractivity contribution in [3.8, 4) is 17.2 Å². The molecule has 0 unspecified atom stereocenters. The molecule has 11 heteroatoms. The van der Waals surface area contributed by atoms with E-state index in [2.05, 4.69) is 20.2 Å². The Kier molecular flexibility index (Phi) is 7.89. The summed E-state index contributed by atoms with van der Waals surface area (Å²) in [5.41, 5.74) is -0.512. The van der Waals surface area contributed by atoms with Crippen molar-refractivity contribution >= 4 is 38.4 Å². The molecule has 0 spiro atoms. The van der Waals surface area contributed by atoms with Crippen LogP contribution < -0.4 is 24.4 Å². The van der Waals surface area contributed by atoms with E-state index in [-0.39, 0.29) is 5.91 Å². The average Bonchev–Trinajstić information content (AvgIpc) is 3.27. The zero-order valence-electron chi connectivity index (χ0n) is 20.3. The summed E-state index contributed by atoms with van der Waals surface area (Å²) in [7, 11) is 3.19. The van der Waals surface area contributed by atoms with E-state index in [1.54, 1.807) is 46.4 Å². The molecule has 188 valence electrons. The van der Waals surface area contributed by atoms with Crippen LogP contribution in [0.1, 0.15) is 13.8 Å². The smallest absolute Gasteiger partial charge is 0.269 e. The topological polar surface area (TPSA) is 104 Å². The highest BCUT2D eigenvalue weighted by atomic mass is 32.1. The number of carbonyl (C=O) groups is 1. The number of methoxy groups -OCH3 is 2. The van der Waals surface area contributed by atoms with Gasteiger partial charge < -0.3 is 28.6 Å². The molecule has 3 aromatic rings. The lowest BCUT2D eigenvalue weighted by atomic mass is 10.1. The number of amides is 1. The molecule has 10 nitrogen and oxygen atoms in total. The fraction of sp³-hybridized carbons (Fsp3) is 0.458. The molecular formula is C24H30N4O6S. The SMILES string of the molecule is COCCOc1cccc(OC(C)(C)C(=O)Nc2nc3c(OC)cnc(N4CCOCC4)c3s2)c1. The number of hydrogen-bond donors (Lipinski definition) is 1. The lowest BCUT2D eigenvalue weighted by Gasteiger charge is -2.28. The average molecular weight is 503 g/mol. The molecule has 0 aliphatic carbocycles. The van der Waals surface area contributed by atoms with Crippen LogP contribution in [0, 0.1) is 0 Å². The first-order valence-corrected chi connectivity index (χ1v) is 12.1. The van der Waals surface area contributed by atoms with E-state index in [0.29, 0.717) is 54.3 Å². The number of ether oxygens (including phenoxy) is 5. The van der Waals surface area contributed by atoms with E-state index >= 15 is 0 Å². The largest absolute Gasteiger partial charge is 0.493 e. The number of hydrogen-bond acceptors (Lipinski definition) is 10. The summed E-state index contributed by atoms with van der Waals surface area (Å²) < 4.78 is 28.4. The normalized spacial score (nSPS) is 14.1. The van der Waals surface area contributed by atoms with Crippen LogP contribution in [-0.4, -0.2) is 75.2 Å². The molecule has 0 bridgehead atoms. The Labute approximate surface area is 208 Å². The van der Waals surface area contributed by atoms with Crippen molar-refractivity contribution < 1.29 is 28.5 Å². The number of rotatable bonds is 10. The van der Waals surface area contributed by atoms with Gasteiger partial charge in [-0.2, -0.15) is 0 Å². The quantitative estimate of drug-likeness (QED) is 0.418. The fourth-order valence-electron chi connectivity index (χ4n) is 3.54. The molecule has 1 aliphatic rings. The number of nitrogens with one attached hydrogen (secondary N) is 1. The molecular weight excluding hydrogens is 472 g/mol. The van der Waals surface area contributed by atoms with Gasteiger partial charge in [0.25, 0.3) is 5.91 Å². The van der Waals surface area contributed by atoms with Crippen LogP contribution >= 0.6 is 11.3 Å². The van der Waals surface area contributed by atoms with Crippen molar-refractivity contribution in [1.82, 2.24) is 9.97 Å². The summed E-state index contributed by atoms with van der Waals surface area (Å²) >= 11 is 1.36. The first kappa shape index (κ1) is 25.0. The Morgan fingerprint density at radius 1 is 1.20 bits per heavy atom. The maximum atomic E-state index is 13.2. The van der Waals surface area contributed by atoms with Crippen molar-refractivity contribution in [2.24, 2.45) is 0 Å². The Bertz CT molecular complexity index is 1160. The minimum Gasteiger partial charge on any atom is -0.493 e. The van der Waals surface area contributed by atoms with E-state index in [4.69, 9.17) is 23.7 Å². The van der Waals surface area contributed by atoms with E-state index in [9.17, 15) is 4.79 Å². The highest BCUT2D eigenvalue weighted by Crippen LogP contribution is 2.38. The number of anilines is 2. The summed E-state index contributed by atoms with van der Waals surface area (Å²) in [6.07, 6.45) is 1.66. The number of benzene rings is 1. The molecule has 1 N–H and O–H groups in total. The molecule has 1 fully saturated rings. The van der Waals surface area contributed by atoms with Gasteiger partial charge >= 0.3 is 0 Å². The minimum absolute atomic E-state index is 0.331. The van der Waals surface area contributed by atoms with E-state index in [0.717, 1.165) is 23.6 Å². The van der Waals surface area contributed by atoms with Crippen LogP contribution in [0.2, 0.25) is 0 Å². The number of fused-ring (bicyclic) bond motifs is 1. The van der Waals surface area contributed by atoms with Crippen molar-refractivity contribution in [3.05, 3.63) is 30.5 Å². The molecule has 1 amide bonds. The van der Waals surface area contributed by atoms with Gasteiger partial charge in [-0.25, -0.2) is 9.97 Å². The fourth-order valence-corrected chi connectivity index (χ4v) is 4.53. The summed E-state index contributed by atoms with van der Waals surface area (Å²) in [4.78, 5) is 24.5. The third-order valence-corrected chi connectivity index (χ3v) is 6.37. The Hall–Kier alpha value is -3.15. The van der Waals surface area contributed by atoms with Gasteiger partial charge in [-0.15, -0.1) is 0 Å². The molecule has 35 heavy (non-hydrogen) atoms. The van der Waals surface area contributed by atoms with Gasteiger partial charge in [0.2, 0.25) is 0 Å². The second-order valence-electron chi connectivity index (χ2n) is 8.33. The molecule has 0 radical (unpaired) electrons. The molecule has 3 heterocycles. The van der Waals surface area contributed by atoms with Gasteiger partial charge in [-0.1, -0.05) is 17.4 Å². The summed E-state index contributed by atoms with van der Waals surface area (Å²) in [5, 5.41) is 3.34. The summed E-state index contributed by atoms with van der Waals surface area (Å²) in [6, 6.07) is 7.16. The molecule has 1 saturated heterocycles. The lowest BCUT2D eigenvalue weighted by molar-refractivity contribution is -0.128. The van der Waals surface area contributed by atoms with Gasteiger partial charge in [-0.05, 0) is 26.0 Å². The number of carbonyl (C=O) groups excluding carboxylic acids is 1. The third kappa shape index (κ3) is 5.92. The van der Waals surface area contributed by atoms with E-state index < -0.39 is 5.60 Å². The lowest BCUT2D eigenvalue weighted by Crippen LogP contribution is -2.42. The van der Waals surface area contributed by atoms with Crippen molar-refractivity contribution in [2.45, 2.75) is 19.4 Å². The first-order chi connectivity index (χ1) is 16.9. The van der Waals surface area contributed by atoms with E-state index in [1.807, 2.05) is 12.1 Å². The van der Waals surface area contributed by atoms with Gasteiger partial charge in [-0.3, -0.25) is 10.1 Å². The highest BCUT2D eigenvalue weighted by Gasteiger charge is 2.31. The second-order valence-corrected chi connectivity index (χ2v) is 9.33. The maximum absolute atomic E-state index is 13.2. The molecule has 1 aromatic carbocycles.